The van der Waals surface area contributed by atoms with Crippen LogP contribution in [0, 0.1) is 0 Å². The van der Waals surface area contributed by atoms with Crippen LogP contribution < -0.4 is 5.32 Å². The maximum Gasteiger partial charge on any atom is 0.218 e. The van der Waals surface area contributed by atoms with Crippen LogP contribution in [-0.2, 0) is 15.8 Å². The van der Waals surface area contributed by atoms with Gasteiger partial charge in [0.1, 0.15) is 0 Å². The van der Waals surface area contributed by atoms with Crippen molar-refractivity contribution in [2.24, 2.45) is 0 Å². The largest absolute Gasteiger partial charge is 0.314 e. The minimum atomic E-state index is -3.22. The average molecular weight is 333 g/mol. The standard InChI is InChI=1S/C12H17BrN2O2S/c1-10-8-14-6-7-15(10)18(16,17)9-11-2-4-12(13)5-3-11/h2-5,10,14H,6-9H2,1H3. The van der Waals surface area contributed by atoms with Crippen LogP contribution >= 0.6 is 15.9 Å². The van der Waals surface area contributed by atoms with Gasteiger partial charge in [-0.05, 0) is 24.6 Å². The van der Waals surface area contributed by atoms with E-state index in [0.717, 1.165) is 23.1 Å². The molecule has 2 rings (SSSR count). The number of nitrogens with one attached hydrogen (secondary N) is 1. The summed E-state index contributed by atoms with van der Waals surface area (Å²) < 4.78 is 27.2. The Balaban J connectivity index is 2.13. The Morgan fingerprint density at radius 2 is 2.06 bits per heavy atom. The van der Waals surface area contributed by atoms with E-state index in [9.17, 15) is 8.42 Å². The molecule has 1 fully saturated rings. The molecule has 1 N–H and O–H groups in total. The first kappa shape index (κ1) is 14.0. The predicted octanol–water partition coefficient (Wildman–Crippen LogP) is 1.57. The molecule has 1 heterocycles. The van der Waals surface area contributed by atoms with Crippen LogP contribution in [0.2, 0.25) is 0 Å². The van der Waals surface area contributed by atoms with E-state index in [2.05, 4.69) is 21.2 Å². The minimum Gasteiger partial charge on any atom is -0.314 e. The van der Waals surface area contributed by atoms with Crippen molar-refractivity contribution in [2.75, 3.05) is 19.6 Å². The fourth-order valence-corrected chi connectivity index (χ4v) is 4.15. The second-order valence-corrected chi connectivity index (χ2v) is 7.38. The predicted molar refractivity (Wildman–Crippen MR) is 75.8 cm³/mol. The molecule has 1 unspecified atom stereocenters. The minimum absolute atomic E-state index is 0.0270. The topological polar surface area (TPSA) is 49.4 Å². The number of rotatable bonds is 3. The van der Waals surface area contributed by atoms with Gasteiger partial charge in [-0.25, -0.2) is 8.42 Å². The molecule has 0 saturated carbocycles. The van der Waals surface area contributed by atoms with Gasteiger partial charge in [0, 0.05) is 30.1 Å². The van der Waals surface area contributed by atoms with Crippen LogP contribution in [0.15, 0.2) is 28.7 Å². The fraction of sp³-hybridized carbons (Fsp3) is 0.500. The first-order chi connectivity index (χ1) is 8.49. The molecule has 0 amide bonds. The summed E-state index contributed by atoms with van der Waals surface area (Å²) in [6.45, 7) is 3.94. The molecule has 1 aliphatic heterocycles. The van der Waals surface area contributed by atoms with Crippen molar-refractivity contribution in [1.82, 2.24) is 9.62 Å². The normalized spacial score (nSPS) is 22.0. The van der Waals surface area contributed by atoms with Gasteiger partial charge < -0.3 is 5.32 Å². The van der Waals surface area contributed by atoms with E-state index in [0.29, 0.717) is 6.54 Å². The Hall–Kier alpha value is -0.430. The van der Waals surface area contributed by atoms with E-state index in [1.807, 2.05) is 31.2 Å². The van der Waals surface area contributed by atoms with Crippen molar-refractivity contribution in [3.8, 4) is 0 Å². The van der Waals surface area contributed by atoms with Gasteiger partial charge in [0.2, 0.25) is 10.0 Å². The molecule has 0 radical (unpaired) electrons. The number of hydrogen-bond donors (Lipinski definition) is 1. The zero-order chi connectivity index (χ0) is 13.2. The quantitative estimate of drug-likeness (QED) is 0.914. The molecule has 0 aromatic heterocycles. The highest BCUT2D eigenvalue weighted by atomic mass is 79.9. The summed E-state index contributed by atoms with van der Waals surface area (Å²) in [4.78, 5) is 0. The molecule has 0 aliphatic carbocycles. The highest BCUT2D eigenvalue weighted by Gasteiger charge is 2.29. The third-order valence-corrected chi connectivity index (χ3v) is 5.54. The third kappa shape index (κ3) is 3.32. The summed E-state index contributed by atoms with van der Waals surface area (Å²) in [6.07, 6.45) is 0. The Labute approximate surface area is 117 Å². The smallest absolute Gasteiger partial charge is 0.218 e. The fourth-order valence-electron chi connectivity index (χ4n) is 2.11. The summed E-state index contributed by atoms with van der Waals surface area (Å²) in [5, 5.41) is 3.20. The Kier molecular flexibility index (Phi) is 4.42. The van der Waals surface area contributed by atoms with Gasteiger partial charge in [0.25, 0.3) is 0 Å². The molecule has 1 atom stereocenters. The Morgan fingerprint density at radius 1 is 1.39 bits per heavy atom. The van der Waals surface area contributed by atoms with Crippen LogP contribution in [0.3, 0.4) is 0 Å². The zero-order valence-corrected chi connectivity index (χ0v) is 12.7. The Morgan fingerprint density at radius 3 is 2.67 bits per heavy atom. The van der Waals surface area contributed by atoms with Crippen molar-refractivity contribution in [3.63, 3.8) is 0 Å². The van der Waals surface area contributed by atoms with Gasteiger partial charge >= 0.3 is 0 Å². The number of hydrogen-bond acceptors (Lipinski definition) is 3. The summed E-state index contributed by atoms with van der Waals surface area (Å²) in [5.74, 6) is 0.0740. The van der Waals surface area contributed by atoms with Crippen LogP contribution in [-0.4, -0.2) is 38.4 Å². The molecular weight excluding hydrogens is 316 g/mol. The first-order valence-corrected chi connectivity index (χ1v) is 8.34. The van der Waals surface area contributed by atoms with Crippen LogP contribution in [0.1, 0.15) is 12.5 Å². The molecule has 6 heteroatoms. The number of halogens is 1. The lowest BCUT2D eigenvalue weighted by atomic mass is 10.2. The summed E-state index contributed by atoms with van der Waals surface area (Å²) in [7, 11) is -3.22. The summed E-state index contributed by atoms with van der Waals surface area (Å²) in [6, 6.07) is 7.44. The monoisotopic (exact) mass is 332 g/mol. The van der Waals surface area contributed by atoms with Gasteiger partial charge in [0.05, 0.1) is 5.75 Å². The lowest BCUT2D eigenvalue weighted by molar-refractivity contribution is 0.283. The first-order valence-electron chi connectivity index (χ1n) is 5.94. The van der Waals surface area contributed by atoms with Gasteiger partial charge in [-0.15, -0.1) is 0 Å². The Bertz CT molecular complexity index is 501. The second kappa shape index (κ2) is 5.69. The van der Waals surface area contributed by atoms with Gasteiger partial charge in [-0.1, -0.05) is 28.1 Å². The lowest BCUT2D eigenvalue weighted by Gasteiger charge is -2.32. The highest BCUT2D eigenvalue weighted by molar-refractivity contribution is 9.10. The number of sulfonamides is 1. The van der Waals surface area contributed by atoms with Crippen molar-refractivity contribution in [2.45, 2.75) is 18.7 Å². The van der Waals surface area contributed by atoms with E-state index in [1.165, 1.54) is 0 Å². The van der Waals surface area contributed by atoms with Crippen molar-refractivity contribution in [1.29, 1.82) is 0 Å². The van der Waals surface area contributed by atoms with E-state index >= 15 is 0 Å². The number of benzene rings is 1. The maximum atomic E-state index is 12.3. The molecule has 1 aliphatic rings. The summed E-state index contributed by atoms with van der Waals surface area (Å²) >= 11 is 3.34. The number of piperazine rings is 1. The summed E-state index contributed by atoms with van der Waals surface area (Å²) in [5.41, 5.74) is 0.823. The highest BCUT2D eigenvalue weighted by Crippen LogP contribution is 2.17. The molecule has 1 aromatic carbocycles. The molecule has 18 heavy (non-hydrogen) atoms. The van der Waals surface area contributed by atoms with Crippen molar-refractivity contribution < 1.29 is 8.42 Å². The molecular formula is C12H17BrN2O2S. The average Bonchev–Trinajstić information content (AvgIpc) is 2.32. The molecule has 1 saturated heterocycles. The van der Waals surface area contributed by atoms with Gasteiger partial charge in [0.15, 0.2) is 0 Å². The van der Waals surface area contributed by atoms with E-state index in [-0.39, 0.29) is 11.8 Å². The lowest BCUT2D eigenvalue weighted by Crippen LogP contribution is -2.52. The van der Waals surface area contributed by atoms with Crippen molar-refractivity contribution in [3.05, 3.63) is 34.3 Å². The SMILES string of the molecule is CC1CNCCN1S(=O)(=O)Cc1ccc(Br)cc1. The van der Waals surface area contributed by atoms with Crippen LogP contribution in [0.4, 0.5) is 0 Å². The molecule has 0 spiro atoms. The van der Waals surface area contributed by atoms with E-state index in [1.54, 1.807) is 4.31 Å². The molecule has 0 bridgehead atoms. The van der Waals surface area contributed by atoms with E-state index in [4.69, 9.17) is 0 Å². The van der Waals surface area contributed by atoms with Gasteiger partial charge in [-0.2, -0.15) is 4.31 Å². The van der Waals surface area contributed by atoms with Gasteiger partial charge in [-0.3, -0.25) is 0 Å². The molecule has 4 nitrogen and oxygen atoms in total. The van der Waals surface area contributed by atoms with Crippen LogP contribution in [0.25, 0.3) is 0 Å². The van der Waals surface area contributed by atoms with Crippen molar-refractivity contribution >= 4 is 26.0 Å². The number of nitrogens with zero attached hydrogens (tertiary/aromatic N) is 1. The van der Waals surface area contributed by atoms with E-state index < -0.39 is 10.0 Å². The third-order valence-electron chi connectivity index (χ3n) is 3.06. The second-order valence-electron chi connectivity index (χ2n) is 4.55. The molecule has 100 valence electrons. The maximum absolute atomic E-state index is 12.3. The van der Waals surface area contributed by atoms with Crippen LogP contribution in [0.5, 0.6) is 0 Å². The zero-order valence-electron chi connectivity index (χ0n) is 10.3. The molecule has 1 aromatic rings.